The van der Waals surface area contributed by atoms with Gasteiger partial charge >= 0.3 is 0 Å². The molecule has 0 spiro atoms. The van der Waals surface area contributed by atoms with Crippen LogP contribution in [0.15, 0.2) is 58.3 Å². The Morgan fingerprint density at radius 2 is 1.88 bits per heavy atom. The summed E-state index contributed by atoms with van der Waals surface area (Å²) >= 11 is 1.50. The van der Waals surface area contributed by atoms with Gasteiger partial charge in [0.15, 0.2) is 0 Å². The zero-order chi connectivity index (χ0) is 18.7. The van der Waals surface area contributed by atoms with Crippen molar-refractivity contribution < 1.29 is 13.3 Å². The van der Waals surface area contributed by atoms with Crippen molar-refractivity contribution in [1.82, 2.24) is 0 Å². The molecule has 0 radical (unpaired) electrons. The third-order valence-electron chi connectivity index (χ3n) is 3.64. The number of thioether (sulfide) groups is 1. The molecule has 0 fully saturated rings. The molecule has 0 heterocycles. The van der Waals surface area contributed by atoms with Gasteiger partial charge in [0.25, 0.3) is 5.69 Å². The summed E-state index contributed by atoms with van der Waals surface area (Å²) in [5, 5.41) is 19.4. The van der Waals surface area contributed by atoms with E-state index < -0.39 is 19.8 Å². The minimum atomic E-state index is -4.02. The Morgan fingerprint density at radius 3 is 2.40 bits per heavy atom. The summed E-state index contributed by atoms with van der Waals surface area (Å²) in [7, 11) is -4.02. The summed E-state index contributed by atoms with van der Waals surface area (Å²) in [5.74, 6) is 0. The van der Waals surface area contributed by atoms with E-state index in [-0.39, 0.29) is 16.3 Å². The molecular formula is C16H19N3O4S2. The molecule has 2 aromatic rings. The first-order valence-corrected chi connectivity index (χ1v) is 9.84. The summed E-state index contributed by atoms with van der Waals surface area (Å²) in [4.78, 5) is 10.7. The number of nitro benzene ring substituents is 1. The van der Waals surface area contributed by atoms with Crippen molar-refractivity contribution in [2.24, 2.45) is 5.14 Å². The Morgan fingerprint density at radius 1 is 1.24 bits per heavy atom. The van der Waals surface area contributed by atoms with Gasteiger partial charge in [-0.15, -0.1) is 0 Å². The Bertz CT molecular complexity index is 872. The largest absolute Gasteiger partial charge is 0.369 e. The fraction of sp³-hybridized carbons (Fsp3) is 0.250. The molecular weight excluding hydrogens is 362 g/mol. The number of hydrogen-bond donors (Lipinski definition) is 2. The fourth-order valence-corrected chi connectivity index (χ4v) is 3.99. The van der Waals surface area contributed by atoms with Gasteiger partial charge in [0, 0.05) is 17.0 Å². The van der Waals surface area contributed by atoms with E-state index in [1.807, 2.05) is 44.2 Å². The highest BCUT2D eigenvalue weighted by Gasteiger charge is 2.27. The highest BCUT2D eigenvalue weighted by atomic mass is 32.2. The van der Waals surface area contributed by atoms with E-state index in [1.54, 1.807) is 0 Å². The number of primary sulfonamides is 1. The number of nitrogens with zero attached hydrogens (tertiary/aromatic N) is 1. The number of sulfonamides is 1. The van der Waals surface area contributed by atoms with Crippen molar-refractivity contribution >= 4 is 33.2 Å². The molecule has 0 saturated heterocycles. The van der Waals surface area contributed by atoms with Crippen LogP contribution in [0.4, 0.5) is 11.4 Å². The smallest absolute Gasteiger partial charge is 0.271 e. The van der Waals surface area contributed by atoms with Gasteiger partial charge in [0.2, 0.25) is 10.0 Å². The number of nitrogens with one attached hydrogen (secondary N) is 1. The van der Waals surface area contributed by atoms with Gasteiger partial charge < -0.3 is 5.32 Å². The lowest BCUT2D eigenvalue weighted by Crippen LogP contribution is -2.31. The normalized spacial score (nSPS) is 13.9. The first kappa shape index (κ1) is 19.2. The van der Waals surface area contributed by atoms with Crippen molar-refractivity contribution in [1.29, 1.82) is 0 Å². The van der Waals surface area contributed by atoms with Crippen LogP contribution >= 0.6 is 11.8 Å². The van der Waals surface area contributed by atoms with E-state index in [0.29, 0.717) is 6.42 Å². The van der Waals surface area contributed by atoms with E-state index in [2.05, 4.69) is 5.32 Å². The summed E-state index contributed by atoms with van der Waals surface area (Å²) in [6.07, 6.45) is 0.638. The molecule has 0 bridgehead atoms. The van der Waals surface area contributed by atoms with E-state index in [9.17, 15) is 18.5 Å². The zero-order valence-corrected chi connectivity index (χ0v) is 15.4. The molecule has 134 valence electrons. The van der Waals surface area contributed by atoms with Crippen molar-refractivity contribution in [2.45, 2.75) is 34.9 Å². The monoisotopic (exact) mass is 381 g/mol. The van der Waals surface area contributed by atoms with Crippen molar-refractivity contribution in [3.63, 3.8) is 0 Å². The van der Waals surface area contributed by atoms with Crippen LogP contribution < -0.4 is 10.5 Å². The van der Waals surface area contributed by atoms with Crippen LogP contribution in [0.1, 0.15) is 20.3 Å². The van der Waals surface area contributed by atoms with E-state index >= 15 is 0 Å². The number of nitro groups is 1. The summed E-state index contributed by atoms with van der Waals surface area (Å²) in [5.41, 5.74) is -0.0949. The third kappa shape index (κ3) is 4.94. The van der Waals surface area contributed by atoms with Crippen LogP contribution in [0.25, 0.3) is 0 Å². The number of rotatable bonds is 7. The maximum atomic E-state index is 11.8. The Kier molecular flexibility index (Phi) is 5.71. The lowest BCUT2D eigenvalue weighted by Gasteiger charge is -2.31. The molecule has 2 rings (SSSR count). The minimum absolute atomic E-state index is 0.115. The molecule has 0 aliphatic carbocycles. The molecule has 3 N–H and O–H groups in total. The summed E-state index contributed by atoms with van der Waals surface area (Å²) in [6.45, 7) is 3.84. The molecule has 2 aromatic carbocycles. The highest BCUT2D eigenvalue weighted by Crippen LogP contribution is 2.38. The van der Waals surface area contributed by atoms with Gasteiger partial charge in [-0.3, -0.25) is 10.1 Å². The molecule has 1 atom stereocenters. The van der Waals surface area contributed by atoms with Crippen LogP contribution in [0.3, 0.4) is 0 Å². The molecule has 9 heteroatoms. The standard InChI is InChI=1S/C16H19N3O4S2/c1-3-16(2,24-13-7-5-4-6-8-13)18-14-11-12(19(20)21)9-10-15(14)25(17,22)23/h4-11,18H,3H2,1-2H3,(H2,17,22,23). The maximum absolute atomic E-state index is 11.8. The quantitative estimate of drug-likeness (QED) is 0.328. The van der Waals surface area contributed by atoms with E-state index in [4.69, 9.17) is 5.14 Å². The van der Waals surface area contributed by atoms with Gasteiger partial charge in [0.05, 0.1) is 15.5 Å². The number of nitrogens with two attached hydrogens (primary N) is 1. The second-order valence-electron chi connectivity index (χ2n) is 5.61. The van der Waals surface area contributed by atoms with E-state index in [0.717, 1.165) is 17.0 Å². The lowest BCUT2D eigenvalue weighted by atomic mass is 10.2. The van der Waals surface area contributed by atoms with E-state index in [1.165, 1.54) is 17.8 Å². The van der Waals surface area contributed by atoms with Crippen LogP contribution in [-0.4, -0.2) is 18.2 Å². The SMILES string of the molecule is CCC(C)(Nc1cc([N+](=O)[O-])ccc1S(N)(=O)=O)Sc1ccccc1. The lowest BCUT2D eigenvalue weighted by molar-refractivity contribution is -0.384. The minimum Gasteiger partial charge on any atom is -0.369 e. The molecule has 0 aromatic heterocycles. The van der Waals surface area contributed by atoms with Crippen LogP contribution in [0, 0.1) is 10.1 Å². The topological polar surface area (TPSA) is 115 Å². The molecule has 7 nitrogen and oxygen atoms in total. The third-order valence-corrected chi connectivity index (χ3v) is 5.96. The second-order valence-corrected chi connectivity index (χ2v) is 8.71. The van der Waals surface area contributed by atoms with Crippen molar-refractivity contribution in [3.05, 3.63) is 58.6 Å². The summed E-state index contributed by atoms with van der Waals surface area (Å²) < 4.78 is 23.7. The average molecular weight is 381 g/mol. The first-order chi connectivity index (χ1) is 11.6. The van der Waals surface area contributed by atoms with Crippen molar-refractivity contribution in [3.8, 4) is 0 Å². The molecule has 0 aliphatic rings. The van der Waals surface area contributed by atoms with Gasteiger partial charge in [-0.2, -0.15) is 0 Å². The average Bonchev–Trinajstić information content (AvgIpc) is 2.54. The molecule has 0 amide bonds. The zero-order valence-electron chi connectivity index (χ0n) is 13.8. The van der Waals surface area contributed by atoms with Crippen LogP contribution in [0.2, 0.25) is 0 Å². The molecule has 1 unspecified atom stereocenters. The van der Waals surface area contributed by atoms with Crippen LogP contribution in [0.5, 0.6) is 0 Å². The molecule has 0 aliphatic heterocycles. The Labute approximate surface area is 150 Å². The maximum Gasteiger partial charge on any atom is 0.271 e. The van der Waals surface area contributed by atoms with Crippen molar-refractivity contribution in [2.75, 3.05) is 5.32 Å². The number of anilines is 1. The number of benzene rings is 2. The van der Waals surface area contributed by atoms with Gasteiger partial charge in [-0.05, 0) is 31.5 Å². The molecule has 0 saturated carbocycles. The summed E-state index contributed by atoms with van der Waals surface area (Å²) in [6, 6.07) is 13.1. The fourth-order valence-electron chi connectivity index (χ4n) is 2.20. The van der Waals surface area contributed by atoms with Gasteiger partial charge in [-0.1, -0.05) is 36.9 Å². The Balaban J connectivity index is 2.44. The highest BCUT2D eigenvalue weighted by molar-refractivity contribution is 8.00. The number of hydrogen-bond acceptors (Lipinski definition) is 6. The Hall–Kier alpha value is -2.10. The number of non-ortho nitro benzene ring substituents is 1. The first-order valence-electron chi connectivity index (χ1n) is 7.48. The molecule has 25 heavy (non-hydrogen) atoms. The predicted octanol–water partition coefficient (Wildman–Crippen LogP) is 3.57. The van der Waals surface area contributed by atoms with Gasteiger partial charge in [0.1, 0.15) is 4.90 Å². The predicted molar refractivity (Wildman–Crippen MR) is 99.1 cm³/mol. The van der Waals surface area contributed by atoms with Crippen LogP contribution in [-0.2, 0) is 10.0 Å². The van der Waals surface area contributed by atoms with Gasteiger partial charge in [-0.25, -0.2) is 13.6 Å². The second kappa shape index (κ2) is 7.42.